The fourth-order valence-electron chi connectivity index (χ4n) is 1.60. The van der Waals surface area contributed by atoms with Crippen LogP contribution < -0.4 is 4.74 Å². The van der Waals surface area contributed by atoms with Gasteiger partial charge in [-0.25, -0.2) is 0 Å². The minimum absolute atomic E-state index is 0.0327. The molecule has 3 nitrogen and oxygen atoms in total. The van der Waals surface area contributed by atoms with Crippen LogP contribution in [0, 0.1) is 0 Å². The summed E-state index contributed by atoms with van der Waals surface area (Å²) in [6.45, 7) is 0. The van der Waals surface area contributed by atoms with Crippen LogP contribution in [0.1, 0.15) is 18.4 Å². The van der Waals surface area contributed by atoms with Gasteiger partial charge in [-0.05, 0) is 18.9 Å². The van der Waals surface area contributed by atoms with Crippen LogP contribution in [0.2, 0.25) is 5.02 Å². The Kier molecular flexibility index (Phi) is 2.52. The van der Waals surface area contributed by atoms with Crippen LogP contribution in [0.3, 0.4) is 0 Å². The highest BCUT2D eigenvalue weighted by Gasteiger charge is 2.41. The predicted molar refractivity (Wildman–Crippen MR) is 57.6 cm³/mol. The molecule has 0 aromatic heterocycles. The zero-order valence-electron chi connectivity index (χ0n) is 8.46. The minimum atomic E-state index is -0.629. The van der Waals surface area contributed by atoms with Gasteiger partial charge >= 0.3 is 0 Å². The first-order valence-electron chi connectivity index (χ1n) is 4.82. The number of benzene rings is 1. The first-order chi connectivity index (χ1) is 7.06. The molecule has 4 heteroatoms. The summed E-state index contributed by atoms with van der Waals surface area (Å²) in [5.41, 5.74) is 0.0484. The van der Waals surface area contributed by atoms with Crippen molar-refractivity contribution >= 4 is 11.6 Å². The van der Waals surface area contributed by atoms with Gasteiger partial charge in [0.2, 0.25) is 0 Å². The molecule has 0 unspecified atom stereocenters. The van der Waals surface area contributed by atoms with Gasteiger partial charge in [-0.1, -0.05) is 17.7 Å². The largest absolute Gasteiger partial charge is 0.504 e. The fourth-order valence-corrected chi connectivity index (χ4v) is 1.83. The molecule has 82 valence electrons. The number of phenolic OH excluding ortho intramolecular Hbond substituents is 1. The maximum atomic E-state index is 9.84. The van der Waals surface area contributed by atoms with Crippen LogP contribution in [-0.4, -0.2) is 22.9 Å². The summed E-state index contributed by atoms with van der Waals surface area (Å²) >= 11 is 5.84. The van der Waals surface area contributed by atoms with Crippen molar-refractivity contribution in [3.63, 3.8) is 0 Å². The Labute approximate surface area is 93.3 Å². The molecule has 15 heavy (non-hydrogen) atoms. The third-order valence-corrected chi connectivity index (χ3v) is 3.02. The van der Waals surface area contributed by atoms with Gasteiger partial charge in [0.15, 0.2) is 11.5 Å². The summed E-state index contributed by atoms with van der Waals surface area (Å²) < 4.78 is 4.99. The number of hydrogen-bond acceptors (Lipinski definition) is 3. The first-order valence-corrected chi connectivity index (χ1v) is 5.20. The Bertz CT molecular complexity index is 386. The van der Waals surface area contributed by atoms with Crippen molar-refractivity contribution in [1.29, 1.82) is 0 Å². The lowest BCUT2D eigenvalue weighted by Gasteiger charge is -2.12. The topological polar surface area (TPSA) is 49.7 Å². The van der Waals surface area contributed by atoms with Gasteiger partial charge in [-0.3, -0.25) is 0 Å². The van der Waals surface area contributed by atoms with E-state index in [0.29, 0.717) is 17.0 Å². The molecule has 1 fully saturated rings. The molecule has 0 aliphatic heterocycles. The Morgan fingerprint density at radius 1 is 1.47 bits per heavy atom. The SMILES string of the molecule is COc1c(Cl)ccc(CC2(O)CC2)c1O. The molecular formula is C11H13ClO3. The molecule has 0 amide bonds. The maximum absolute atomic E-state index is 9.84. The molecule has 2 rings (SSSR count). The molecular weight excluding hydrogens is 216 g/mol. The van der Waals surface area contributed by atoms with Crippen molar-refractivity contribution in [1.82, 2.24) is 0 Å². The number of aromatic hydroxyl groups is 1. The Morgan fingerprint density at radius 3 is 2.67 bits per heavy atom. The van der Waals surface area contributed by atoms with Crippen LogP contribution >= 0.6 is 11.6 Å². The third-order valence-electron chi connectivity index (χ3n) is 2.72. The lowest BCUT2D eigenvalue weighted by Crippen LogP contribution is -2.10. The van der Waals surface area contributed by atoms with Crippen molar-refractivity contribution in [2.75, 3.05) is 7.11 Å². The highest BCUT2D eigenvalue weighted by molar-refractivity contribution is 6.32. The number of halogens is 1. The molecule has 1 aliphatic carbocycles. The quantitative estimate of drug-likeness (QED) is 0.833. The minimum Gasteiger partial charge on any atom is -0.504 e. The number of phenols is 1. The van der Waals surface area contributed by atoms with E-state index in [2.05, 4.69) is 0 Å². The molecule has 0 atom stereocenters. The summed E-state index contributed by atoms with van der Waals surface area (Å²) in [5.74, 6) is 0.309. The molecule has 2 N–H and O–H groups in total. The number of ether oxygens (including phenoxy) is 1. The van der Waals surface area contributed by atoms with Crippen LogP contribution in [-0.2, 0) is 6.42 Å². The molecule has 0 heterocycles. The number of aliphatic hydroxyl groups is 1. The van der Waals surface area contributed by atoms with Crippen molar-refractivity contribution in [3.05, 3.63) is 22.7 Å². The predicted octanol–water partition coefficient (Wildman–Crippen LogP) is 2.12. The lowest BCUT2D eigenvalue weighted by molar-refractivity contribution is 0.150. The average Bonchev–Trinajstić information content (AvgIpc) is 2.90. The van der Waals surface area contributed by atoms with E-state index in [-0.39, 0.29) is 11.5 Å². The van der Waals surface area contributed by atoms with E-state index in [1.807, 2.05) is 0 Å². The molecule has 0 bridgehead atoms. The van der Waals surface area contributed by atoms with E-state index in [9.17, 15) is 10.2 Å². The highest BCUT2D eigenvalue weighted by atomic mass is 35.5. The molecule has 1 aromatic carbocycles. The van der Waals surface area contributed by atoms with E-state index < -0.39 is 5.60 Å². The standard InChI is InChI=1S/C11H13ClO3/c1-15-10-8(12)3-2-7(9(10)13)6-11(14)4-5-11/h2-3,13-14H,4-6H2,1H3. The van der Waals surface area contributed by atoms with E-state index >= 15 is 0 Å². The summed E-state index contributed by atoms with van der Waals surface area (Å²) in [5, 5.41) is 20.0. The summed E-state index contributed by atoms with van der Waals surface area (Å²) in [4.78, 5) is 0. The summed E-state index contributed by atoms with van der Waals surface area (Å²) in [6.07, 6.45) is 2.03. The van der Waals surface area contributed by atoms with Gasteiger partial charge in [0.25, 0.3) is 0 Å². The fraction of sp³-hybridized carbons (Fsp3) is 0.455. The molecule has 0 spiro atoms. The Morgan fingerprint density at radius 2 is 2.13 bits per heavy atom. The van der Waals surface area contributed by atoms with E-state index in [0.717, 1.165) is 12.8 Å². The second-order valence-corrected chi connectivity index (χ2v) is 4.40. The smallest absolute Gasteiger partial charge is 0.179 e. The zero-order valence-corrected chi connectivity index (χ0v) is 9.21. The highest BCUT2D eigenvalue weighted by Crippen LogP contribution is 2.43. The number of hydrogen-bond donors (Lipinski definition) is 2. The van der Waals surface area contributed by atoms with Gasteiger partial charge in [0.05, 0.1) is 17.7 Å². The lowest BCUT2D eigenvalue weighted by atomic mass is 10.1. The number of rotatable bonds is 3. The zero-order chi connectivity index (χ0) is 11.1. The molecule has 1 saturated carbocycles. The Hall–Kier alpha value is -0.930. The Balaban J connectivity index is 2.31. The maximum Gasteiger partial charge on any atom is 0.179 e. The monoisotopic (exact) mass is 228 g/mol. The normalized spacial score (nSPS) is 17.5. The van der Waals surface area contributed by atoms with Crippen LogP contribution in [0.25, 0.3) is 0 Å². The van der Waals surface area contributed by atoms with Crippen molar-refractivity contribution in [2.45, 2.75) is 24.9 Å². The van der Waals surface area contributed by atoms with E-state index in [4.69, 9.17) is 16.3 Å². The van der Waals surface area contributed by atoms with Crippen molar-refractivity contribution in [3.8, 4) is 11.5 Å². The van der Waals surface area contributed by atoms with Gasteiger partial charge in [-0.15, -0.1) is 0 Å². The van der Waals surface area contributed by atoms with Gasteiger partial charge < -0.3 is 14.9 Å². The molecule has 0 radical (unpaired) electrons. The van der Waals surface area contributed by atoms with Gasteiger partial charge in [0.1, 0.15) is 0 Å². The van der Waals surface area contributed by atoms with Gasteiger partial charge in [-0.2, -0.15) is 0 Å². The molecule has 1 aromatic rings. The van der Waals surface area contributed by atoms with Crippen LogP contribution in [0.15, 0.2) is 12.1 Å². The number of methoxy groups -OCH3 is 1. The third kappa shape index (κ3) is 2.03. The molecule has 0 saturated heterocycles. The van der Waals surface area contributed by atoms with Crippen LogP contribution in [0.5, 0.6) is 11.5 Å². The first kappa shape index (κ1) is 10.6. The van der Waals surface area contributed by atoms with E-state index in [1.54, 1.807) is 12.1 Å². The second-order valence-electron chi connectivity index (χ2n) is 3.99. The average molecular weight is 229 g/mol. The summed E-state index contributed by atoms with van der Waals surface area (Å²) in [7, 11) is 1.45. The molecule has 1 aliphatic rings. The van der Waals surface area contributed by atoms with E-state index in [1.165, 1.54) is 7.11 Å². The van der Waals surface area contributed by atoms with Crippen LogP contribution in [0.4, 0.5) is 0 Å². The second kappa shape index (κ2) is 3.58. The summed E-state index contributed by atoms with van der Waals surface area (Å²) in [6, 6.07) is 3.39. The van der Waals surface area contributed by atoms with Crippen molar-refractivity contribution < 1.29 is 14.9 Å². The van der Waals surface area contributed by atoms with Crippen molar-refractivity contribution in [2.24, 2.45) is 0 Å². The van der Waals surface area contributed by atoms with Gasteiger partial charge in [0, 0.05) is 12.0 Å².